The van der Waals surface area contributed by atoms with Crippen LogP contribution in [0.15, 0.2) is 42.7 Å². The first-order valence-electron chi connectivity index (χ1n) is 8.64. The summed E-state index contributed by atoms with van der Waals surface area (Å²) in [7, 11) is 1.88. The van der Waals surface area contributed by atoms with Crippen molar-refractivity contribution in [2.75, 3.05) is 7.05 Å². The number of unbranched alkanes of at least 4 members (excludes halogenated alkanes) is 1. The average Bonchev–Trinajstić information content (AvgIpc) is 3.01. The van der Waals surface area contributed by atoms with Crippen LogP contribution in [0.2, 0.25) is 0 Å². The second-order valence-electron chi connectivity index (χ2n) is 6.28. The van der Waals surface area contributed by atoms with Crippen molar-refractivity contribution in [1.29, 1.82) is 0 Å². The van der Waals surface area contributed by atoms with Crippen molar-refractivity contribution in [3.8, 4) is 0 Å². The van der Waals surface area contributed by atoms with Gasteiger partial charge in [0.05, 0.1) is 21.3 Å². The molecule has 0 radical (unpaired) electrons. The predicted octanol–water partition coefficient (Wildman–Crippen LogP) is 5.00. The zero-order chi connectivity index (χ0) is 17.8. The Kier molecular flexibility index (Phi) is 5.43. The number of carbonyl (C=O) groups excluding carboxylic acids is 1. The number of rotatable bonds is 6. The van der Waals surface area contributed by atoms with Crippen molar-refractivity contribution >= 4 is 27.5 Å². The van der Waals surface area contributed by atoms with Gasteiger partial charge in [0.15, 0.2) is 0 Å². The lowest BCUT2D eigenvalue weighted by Gasteiger charge is -2.28. The third-order valence-corrected chi connectivity index (χ3v) is 5.38. The normalized spacial score (nSPS) is 12.3. The summed E-state index contributed by atoms with van der Waals surface area (Å²) in [6.45, 7) is 4.15. The molecule has 0 spiro atoms. The highest BCUT2D eigenvalue weighted by Crippen LogP contribution is 2.28. The number of aryl methyl sites for hydroxylation is 1. The van der Waals surface area contributed by atoms with Crippen LogP contribution in [0.4, 0.5) is 0 Å². The fourth-order valence-electron chi connectivity index (χ4n) is 3.08. The number of nitrogens with zero attached hydrogens (tertiary/aromatic N) is 3. The molecule has 0 aliphatic carbocycles. The summed E-state index contributed by atoms with van der Waals surface area (Å²) >= 11 is 1.65. The van der Waals surface area contributed by atoms with Crippen molar-refractivity contribution in [3.63, 3.8) is 0 Å². The lowest BCUT2D eigenvalue weighted by molar-refractivity contribution is 0.0720. The monoisotopic (exact) mass is 353 g/mol. The summed E-state index contributed by atoms with van der Waals surface area (Å²) in [4.78, 5) is 23.6. The van der Waals surface area contributed by atoms with Gasteiger partial charge in [-0.25, -0.2) is 4.98 Å². The lowest BCUT2D eigenvalue weighted by atomic mass is 10.0. The molecule has 4 nitrogen and oxygen atoms in total. The zero-order valence-electron chi connectivity index (χ0n) is 14.9. The maximum atomic E-state index is 13.1. The fourth-order valence-corrected chi connectivity index (χ4v) is 3.88. The second-order valence-corrected chi connectivity index (χ2v) is 7.51. The minimum absolute atomic E-state index is 0.0255. The van der Waals surface area contributed by atoms with Gasteiger partial charge < -0.3 is 4.90 Å². The molecule has 0 aliphatic heterocycles. The quantitative estimate of drug-likeness (QED) is 0.626. The predicted molar refractivity (Wildman–Crippen MR) is 103 cm³/mol. The second kappa shape index (κ2) is 7.74. The van der Waals surface area contributed by atoms with Crippen molar-refractivity contribution in [2.24, 2.45) is 0 Å². The van der Waals surface area contributed by atoms with Gasteiger partial charge in [-0.3, -0.25) is 9.78 Å². The Morgan fingerprint density at radius 1 is 1.32 bits per heavy atom. The van der Waals surface area contributed by atoms with E-state index in [4.69, 9.17) is 0 Å². The number of hydrogen-bond donors (Lipinski definition) is 0. The first-order valence-corrected chi connectivity index (χ1v) is 9.46. The molecule has 0 bridgehead atoms. The minimum atomic E-state index is 0.0255. The molecular weight excluding hydrogens is 330 g/mol. The first-order chi connectivity index (χ1) is 12.1. The topological polar surface area (TPSA) is 46.1 Å². The molecule has 1 amide bonds. The van der Waals surface area contributed by atoms with Crippen LogP contribution in [0.3, 0.4) is 0 Å². The molecule has 1 atom stereocenters. The Bertz CT molecular complexity index is 860. The van der Waals surface area contributed by atoms with Gasteiger partial charge in [0.1, 0.15) is 0 Å². The fraction of sp³-hybridized carbons (Fsp3) is 0.350. The summed E-state index contributed by atoms with van der Waals surface area (Å²) in [6, 6.07) is 9.80. The van der Waals surface area contributed by atoms with Crippen LogP contribution in [0.25, 0.3) is 10.2 Å². The van der Waals surface area contributed by atoms with Crippen molar-refractivity contribution < 1.29 is 4.79 Å². The molecule has 1 aromatic carbocycles. The molecule has 0 aliphatic rings. The third kappa shape index (κ3) is 3.87. The molecule has 3 aromatic rings. The van der Waals surface area contributed by atoms with Gasteiger partial charge in [0.2, 0.25) is 0 Å². The van der Waals surface area contributed by atoms with E-state index in [9.17, 15) is 4.79 Å². The maximum Gasteiger partial charge on any atom is 0.254 e. The van der Waals surface area contributed by atoms with Crippen LogP contribution < -0.4 is 0 Å². The largest absolute Gasteiger partial charge is 0.335 e. The number of thiazole rings is 1. The molecule has 0 N–H and O–H groups in total. The molecule has 2 aromatic heterocycles. The average molecular weight is 353 g/mol. The third-order valence-electron chi connectivity index (χ3n) is 4.43. The van der Waals surface area contributed by atoms with Crippen molar-refractivity contribution in [3.05, 3.63) is 58.9 Å². The highest BCUT2D eigenvalue weighted by Gasteiger charge is 2.23. The highest BCUT2D eigenvalue weighted by atomic mass is 32.1. The Morgan fingerprint density at radius 2 is 2.16 bits per heavy atom. The van der Waals surface area contributed by atoms with E-state index in [1.54, 1.807) is 17.5 Å². The number of aromatic nitrogens is 2. The summed E-state index contributed by atoms with van der Waals surface area (Å²) in [5, 5.41) is 1.02. The molecule has 25 heavy (non-hydrogen) atoms. The summed E-state index contributed by atoms with van der Waals surface area (Å²) in [6.07, 6.45) is 6.73. The summed E-state index contributed by atoms with van der Waals surface area (Å²) in [5.41, 5.74) is 2.66. The molecule has 3 rings (SSSR count). The van der Waals surface area contributed by atoms with E-state index in [2.05, 4.69) is 16.9 Å². The number of hydrogen-bond acceptors (Lipinski definition) is 4. The molecule has 130 valence electrons. The number of benzene rings is 1. The van der Waals surface area contributed by atoms with Crippen LogP contribution in [0.5, 0.6) is 0 Å². The Hall–Kier alpha value is -2.27. The van der Waals surface area contributed by atoms with Gasteiger partial charge in [0, 0.05) is 25.0 Å². The SMILES string of the molecule is CCCCC(c1cccnc1)N(C)C(=O)c1ccc2sc(C)nc2c1. The zero-order valence-corrected chi connectivity index (χ0v) is 15.7. The van der Waals surface area contributed by atoms with Gasteiger partial charge in [-0.1, -0.05) is 25.8 Å². The molecular formula is C20H23N3OS. The smallest absolute Gasteiger partial charge is 0.254 e. The standard InChI is InChI=1S/C20H23N3OS/c1-4-5-8-18(16-7-6-11-21-13-16)23(3)20(24)15-9-10-19-17(12-15)22-14(2)25-19/h6-7,9-13,18H,4-5,8H2,1-3H3. The van der Waals surface area contributed by atoms with E-state index in [1.807, 2.05) is 55.4 Å². The number of carbonyl (C=O) groups is 1. The lowest BCUT2D eigenvalue weighted by Crippen LogP contribution is -2.31. The van der Waals surface area contributed by atoms with E-state index in [0.717, 1.165) is 40.1 Å². The number of fused-ring (bicyclic) bond motifs is 1. The van der Waals surface area contributed by atoms with Crippen LogP contribution >= 0.6 is 11.3 Å². The van der Waals surface area contributed by atoms with Gasteiger partial charge in [0.25, 0.3) is 5.91 Å². The van der Waals surface area contributed by atoms with Crippen molar-refractivity contribution in [2.45, 2.75) is 39.2 Å². The Labute approximate surface area is 152 Å². The van der Waals surface area contributed by atoms with Gasteiger partial charge in [-0.2, -0.15) is 0 Å². The van der Waals surface area contributed by atoms with Crippen LogP contribution in [0.1, 0.15) is 53.2 Å². The van der Waals surface area contributed by atoms with Crippen LogP contribution in [-0.4, -0.2) is 27.8 Å². The van der Waals surface area contributed by atoms with Gasteiger partial charge in [-0.05, 0) is 43.2 Å². The number of amides is 1. The highest BCUT2D eigenvalue weighted by molar-refractivity contribution is 7.18. The van der Waals surface area contributed by atoms with E-state index in [0.29, 0.717) is 5.56 Å². The van der Waals surface area contributed by atoms with E-state index in [1.165, 1.54) is 0 Å². The molecule has 5 heteroatoms. The van der Waals surface area contributed by atoms with E-state index in [-0.39, 0.29) is 11.9 Å². The molecule has 2 heterocycles. The molecule has 0 saturated heterocycles. The summed E-state index contributed by atoms with van der Waals surface area (Å²) < 4.78 is 1.12. The van der Waals surface area contributed by atoms with Gasteiger partial charge in [-0.15, -0.1) is 11.3 Å². The van der Waals surface area contributed by atoms with E-state index >= 15 is 0 Å². The Balaban J connectivity index is 1.88. The van der Waals surface area contributed by atoms with Crippen molar-refractivity contribution in [1.82, 2.24) is 14.9 Å². The summed E-state index contributed by atoms with van der Waals surface area (Å²) in [5.74, 6) is 0.0255. The minimum Gasteiger partial charge on any atom is -0.335 e. The van der Waals surface area contributed by atoms with Crippen LogP contribution in [0, 0.1) is 6.92 Å². The first kappa shape index (κ1) is 17.5. The molecule has 0 saturated carbocycles. The molecule has 1 unspecified atom stereocenters. The van der Waals surface area contributed by atoms with E-state index < -0.39 is 0 Å². The van der Waals surface area contributed by atoms with Gasteiger partial charge >= 0.3 is 0 Å². The molecule has 0 fully saturated rings. The Morgan fingerprint density at radius 3 is 2.88 bits per heavy atom. The van der Waals surface area contributed by atoms with Crippen LogP contribution in [-0.2, 0) is 0 Å². The number of pyridine rings is 1. The maximum absolute atomic E-state index is 13.1.